The predicted octanol–water partition coefficient (Wildman–Crippen LogP) is 5.91. The van der Waals surface area contributed by atoms with E-state index < -0.39 is 11.6 Å². The van der Waals surface area contributed by atoms with Crippen LogP contribution in [0, 0.1) is 11.6 Å². The van der Waals surface area contributed by atoms with E-state index in [9.17, 15) is 13.6 Å². The lowest BCUT2D eigenvalue weighted by Crippen LogP contribution is -2.12. The van der Waals surface area contributed by atoms with Crippen LogP contribution in [0.4, 0.5) is 13.9 Å². The molecule has 0 radical (unpaired) electrons. The van der Waals surface area contributed by atoms with Gasteiger partial charge in [-0.1, -0.05) is 25.8 Å². The second-order valence-electron chi connectivity index (χ2n) is 6.20. The number of unbranched alkanes of at least 4 members (excludes halogenated alkanes) is 2. The molecule has 1 heterocycles. The lowest BCUT2D eigenvalue weighted by atomic mass is 10.2. The third-order valence-electron chi connectivity index (χ3n) is 4.05. The molecule has 0 aliphatic heterocycles. The van der Waals surface area contributed by atoms with Crippen LogP contribution in [0.3, 0.4) is 0 Å². The smallest absolute Gasteiger partial charge is 0.257 e. The summed E-state index contributed by atoms with van der Waals surface area (Å²) in [4.78, 5) is 16.8. The van der Waals surface area contributed by atoms with Crippen LogP contribution in [-0.4, -0.2) is 17.5 Å². The molecule has 1 amide bonds. The van der Waals surface area contributed by atoms with Gasteiger partial charge in [0.2, 0.25) is 0 Å². The fourth-order valence-corrected chi connectivity index (χ4v) is 3.27. The van der Waals surface area contributed by atoms with Gasteiger partial charge in [-0.15, -0.1) is 11.3 Å². The Balaban J connectivity index is 1.65. The van der Waals surface area contributed by atoms with Gasteiger partial charge in [0, 0.05) is 16.5 Å². The number of benzene rings is 2. The van der Waals surface area contributed by atoms with Crippen molar-refractivity contribution in [3.63, 3.8) is 0 Å². The fraction of sp³-hybridized carbons (Fsp3) is 0.238. The number of anilines is 1. The van der Waals surface area contributed by atoms with E-state index in [2.05, 4.69) is 17.2 Å². The Kier molecular flexibility index (Phi) is 6.71. The van der Waals surface area contributed by atoms with E-state index in [0.717, 1.165) is 31.4 Å². The standard InChI is InChI=1S/C21H20F2N2O2S/c1-2-3-4-10-27-16-7-5-6-15(11-16)20(26)25-21-24-19(13-28-21)14-8-9-17(22)18(23)12-14/h5-9,11-13H,2-4,10H2,1H3,(H,24,25,26). The number of nitrogens with zero attached hydrogens (tertiary/aromatic N) is 1. The van der Waals surface area contributed by atoms with Gasteiger partial charge in [-0.3, -0.25) is 10.1 Å². The molecule has 1 N–H and O–H groups in total. The SMILES string of the molecule is CCCCCOc1cccc(C(=O)Nc2nc(-c3ccc(F)c(F)c3)cs2)c1. The van der Waals surface area contributed by atoms with Crippen LogP contribution >= 0.6 is 11.3 Å². The lowest BCUT2D eigenvalue weighted by Gasteiger charge is -2.07. The van der Waals surface area contributed by atoms with Gasteiger partial charge in [-0.25, -0.2) is 13.8 Å². The highest BCUT2D eigenvalue weighted by Crippen LogP contribution is 2.26. The number of hydrogen-bond donors (Lipinski definition) is 1. The second-order valence-corrected chi connectivity index (χ2v) is 7.06. The summed E-state index contributed by atoms with van der Waals surface area (Å²) < 4.78 is 32.1. The molecule has 0 unspecified atom stereocenters. The van der Waals surface area contributed by atoms with E-state index in [0.29, 0.717) is 34.3 Å². The first kappa shape index (κ1) is 19.9. The summed E-state index contributed by atoms with van der Waals surface area (Å²) in [6.07, 6.45) is 3.19. The van der Waals surface area contributed by atoms with Crippen molar-refractivity contribution in [3.8, 4) is 17.0 Å². The lowest BCUT2D eigenvalue weighted by molar-refractivity contribution is 0.102. The van der Waals surface area contributed by atoms with E-state index >= 15 is 0 Å². The first-order valence-corrected chi connectivity index (χ1v) is 9.90. The summed E-state index contributed by atoms with van der Waals surface area (Å²) in [7, 11) is 0. The largest absolute Gasteiger partial charge is 0.494 e. The number of ether oxygens (including phenoxy) is 1. The minimum absolute atomic E-state index is 0.315. The van der Waals surface area contributed by atoms with Crippen molar-refractivity contribution in [3.05, 3.63) is 65.0 Å². The first-order chi connectivity index (χ1) is 13.6. The topological polar surface area (TPSA) is 51.2 Å². The zero-order chi connectivity index (χ0) is 19.9. The van der Waals surface area contributed by atoms with Crippen molar-refractivity contribution in [2.45, 2.75) is 26.2 Å². The van der Waals surface area contributed by atoms with Crippen LogP contribution in [0.5, 0.6) is 5.75 Å². The highest BCUT2D eigenvalue weighted by atomic mass is 32.1. The molecule has 0 atom stereocenters. The van der Waals surface area contributed by atoms with Gasteiger partial charge in [0.05, 0.1) is 12.3 Å². The molecule has 1 aromatic heterocycles. The molecule has 0 spiro atoms. The van der Waals surface area contributed by atoms with E-state index in [-0.39, 0.29) is 5.91 Å². The Bertz CT molecular complexity index is 959. The molecule has 146 valence electrons. The summed E-state index contributed by atoms with van der Waals surface area (Å²) in [5.41, 5.74) is 1.36. The van der Waals surface area contributed by atoms with Crippen molar-refractivity contribution < 1.29 is 18.3 Å². The van der Waals surface area contributed by atoms with Crippen LogP contribution in [0.25, 0.3) is 11.3 Å². The molecule has 2 aromatic carbocycles. The number of hydrogen-bond acceptors (Lipinski definition) is 4. The van der Waals surface area contributed by atoms with E-state index in [4.69, 9.17) is 4.74 Å². The molecule has 0 saturated heterocycles. The van der Waals surface area contributed by atoms with Crippen molar-refractivity contribution in [2.75, 3.05) is 11.9 Å². The maximum Gasteiger partial charge on any atom is 0.257 e. The van der Waals surface area contributed by atoms with Gasteiger partial charge in [0.15, 0.2) is 16.8 Å². The van der Waals surface area contributed by atoms with Crippen LogP contribution in [-0.2, 0) is 0 Å². The third kappa shape index (κ3) is 5.13. The van der Waals surface area contributed by atoms with Crippen molar-refractivity contribution >= 4 is 22.4 Å². The number of aromatic nitrogens is 1. The van der Waals surface area contributed by atoms with Crippen LogP contribution in [0.2, 0.25) is 0 Å². The van der Waals surface area contributed by atoms with Gasteiger partial charge >= 0.3 is 0 Å². The Morgan fingerprint density at radius 2 is 2.00 bits per heavy atom. The quantitative estimate of drug-likeness (QED) is 0.477. The molecule has 4 nitrogen and oxygen atoms in total. The Labute approximate surface area is 166 Å². The van der Waals surface area contributed by atoms with E-state index in [1.54, 1.807) is 23.6 Å². The number of halogens is 2. The molecular weight excluding hydrogens is 382 g/mol. The maximum atomic E-state index is 13.4. The minimum atomic E-state index is -0.938. The number of carbonyl (C=O) groups is 1. The fourth-order valence-electron chi connectivity index (χ4n) is 2.56. The zero-order valence-electron chi connectivity index (χ0n) is 15.4. The molecule has 3 rings (SSSR count). The molecule has 0 aliphatic carbocycles. The molecule has 0 fully saturated rings. The van der Waals surface area contributed by atoms with Crippen LogP contribution in [0.1, 0.15) is 36.5 Å². The summed E-state index contributed by atoms with van der Waals surface area (Å²) in [5.74, 6) is -1.52. The highest BCUT2D eigenvalue weighted by molar-refractivity contribution is 7.14. The average molecular weight is 402 g/mol. The number of carbonyl (C=O) groups excluding carboxylic acids is 1. The monoisotopic (exact) mass is 402 g/mol. The summed E-state index contributed by atoms with van der Waals surface area (Å²) in [5, 5.41) is 4.77. The van der Waals surface area contributed by atoms with Crippen molar-refractivity contribution in [2.24, 2.45) is 0 Å². The zero-order valence-corrected chi connectivity index (χ0v) is 16.2. The van der Waals surface area contributed by atoms with E-state index in [1.165, 1.54) is 17.4 Å². The Morgan fingerprint density at radius 1 is 1.14 bits per heavy atom. The predicted molar refractivity (Wildman–Crippen MR) is 107 cm³/mol. The van der Waals surface area contributed by atoms with Gasteiger partial charge in [0.1, 0.15) is 5.75 Å². The number of thiazole rings is 1. The summed E-state index contributed by atoms with van der Waals surface area (Å²) >= 11 is 1.21. The molecule has 0 aliphatic rings. The molecule has 28 heavy (non-hydrogen) atoms. The van der Waals surface area contributed by atoms with Gasteiger partial charge in [0.25, 0.3) is 5.91 Å². The summed E-state index contributed by atoms with van der Waals surface area (Å²) in [6, 6.07) is 10.5. The van der Waals surface area contributed by atoms with Gasteiger partial charge in [-0.05, 0) is 42.8 Å². The second kappa shape index (κ2) is 9.41. The van der Waals surface area contributed by atoms with Gasteiger partial charge < -0.3 is 4.74 Å². The van der Waals surface area contributed by atoms with Gasteiger partial charge in [-0.2, -0.15) is 0 Å². The molecule has 3 aromatic rings. The molecule has 0 saturated carbocycles. The number of rotatable bonds is 8. The first-order valence-electron chi connectivity index (χ1n) is 9.02. The molecule has 0 bridgehead atoms. The number of amides is 1. The number of nitrogens with one attached hydrogen (secondary N) is 1. The van der Waals surface area contributed by atoms with Crippen molar-refractivity contribution in [1.82, 2.24) is 4.98 Å². The van der Waals surface area contributed by atoms with Crippen LogP contribution in [0.15, 0.2) is 47.8 Å². The Hall–Kier alpha value is -2.80. The molecular formula is C21H20F2N2O2S. The average Bonchev–Trinajstić information content (AvgIpc) is 3.16. The van der Waals surface area contributed by atoms with E-state index in [1.807, 2.05) is 6.07 Å². The minimum Gasteiger partial charge on any atom is -0.494 e. The maximum absolute atomic E-state index is 13.4. The van der Waals surface area contributed by atoms with Crippen LogP contribution < -0.4 is 10.1 Å². The summed E-state index contributed by atoms with van der Waals surface area (Å²) in [6.45, 7) is 2.74. The third-order valence-corrected chi connectivity index (χ3v) is 4.81. The molecule has 7 heteroatoms. The normalized spacial score (nSPS) is 10.7. The Morgan fingerprint density at radius 3 is 2.79 bits per heavy atom. The van der Waals surface area contributed by atoms with Crippen molar-refractivity contribution in [1.29, 1.82) is 0 Å². The highest BCUT2D eigenvalue weighted by Gasteiger charge is 2.12.